The predicted molar refractivity (Wildman–Crippen MR) is 77.2 cm³/mol. The van der Waals surface area contributed by atoms with E-state index in [-0.39, 0.29) is 6.54 Å². The SMILES string of the molecule is COCCn1cc(NC(=O)N(CC(=O)O)C(C)(C)C)cn1. The molecular formula is C13H22N4O4. The zero-order valence-electron chi connectivity index (χ0n) is 12.8. The maximum Gasteiger partial charge on any atom is 0.323 e. The number of urea groups is 1. The standard InChI is InChI=1S/C13H22N4O4/c1-13(2,3)17(9-11(18)19)12(20)15-10-7-14-16(8-10)5-6-21-4/h7-8H,5-6,9H2,1-4H3,(H,15,20)(H,18,19). The molecule has 0 spiro atoms. The van der Waals surface area contributed by atoms with Gasteiger partial charge in [0.1, 0.15) is 6.54 Å². The summed E-state index contributed by atoms with van der Waals surface area (Å²) >= 11 is 0. The Morgan fingerprint density at radius 3 is 2.67 bits per heavy atom. The van der Waals surface area contributed by atoms with Crippen LogP contribution >= 0.6 is 0 Å². The summed E-state index contributed by atoms with van der Waals surface area (Å²) < 4.78 is 6.58. The Morgan fingerprint density at radius 2 is 2.14 bits per heavy atom. The maximum atomic E-state index is 12.2. The number of aromatic nitrogens is 2. The number of hydrogen-bond donors (Lipinski definition) is 2. The highest BCUT2D eigenvalue weighted by molar-refractivity contribution is 5.91. The monoisotopic (exact) mass is 298 g/mol. The minimum atomic E-state index is -1.06. The van der Waals surface area contributed by atoms with Gasteiger partial charge in [0.25, 0.3) is 0 Å². The van der Waals surface area contributed by atoms with Crippen molar-refractivity contribution in [2.75, 3.05) is 25.6 Å². The second-order valence-corrected chi connectivity index (χ2v) is 5.57. The van der Waals surface area contributed by atoms with E-state index >= 15 is 0 Å². The summed E-state index contributed by atoms with van der Waals surface area (Å²) in [6.45, 7) is 6.05. The molecule has 1 heterocycles. The van der Waals surface area contributed by atoms with Crippen LogP contribution in [-0.4, -0.2) is 57.6 Å². The lowest BCUT2D eigenvalue weighted by Gasteiger charge is -2.34. The highest BCUT2D eigenvalue weighted by Crippen LogP contribution is 2.15. The summed E-state index contributed by atoms with van der Waals surface area (Å²) in [7, 11) is 1.60. The lowest BCUT2D eigenvalue weighted by atomic mass is 10.1. The summed E-state index contributed by atoms with van der Waals surface area (Å²) in [6.07, 6.45) is 3.17. The summed E-state index contributed by atoms with van der Waals surface area (Å²) in [5.41, 5.74) is -0.0927. The summed E-state index contributed by atoms with van der Waals surface area (Å²) in [4.78, 5) is 24.3. The molecule has 2 amide bonds. The Hall–Kier alpha value is -2.09. The average molecular weight is 298 g/mol. The van der Waals surface area contributed by atoms with E-state index < -0.39 is 17.5 Å². The van der Waals surface area contributed by atoms with Gasteiger partial charge in [-0.15, -0.1) is 0 Å². The van der Waals surface area contributed by atoms with Crippen molar-refractivity contribution >= 4 is 17.7 Å². The molecule has 0 radical (unpaired) electrons. The first kappa shape index (κ1) is 17.0. The second-order valence-electron chi connectivity index (χ2n) is 5.57. The van der Waals surface area contributed by atoms with Crippen molar-refractivity contribution in [3.8, 4) is 0 Å². The maximum absolute atomic E-state index is 12.2. The van der Waals surface area contributed by atoms with Crippen LogP contribution in [0.25, 0.3) is 0 Å². The zero-order chi connectivity index (χ0) is 16.0. The third-order valence-electron chi connectivity index (χ3n) is 2.76. The number of methoxy groups -OCH3 is 1. The van der Waals surface area contributed by atoms with Crippen LogP contribution in [0, 0.1) is 0 Å². The van der Waals surface area contributed by atoms with Crippen molar-refractivity contribution in [1.82, 2.24) is 14.7 Å². The van der Waals surface area contributed by atoms with Crippen LogP contribution in [0.4, 0.5) is 10.5 Å². The van der Waals surface area contributed by atoms with E-state index in [1.54, 1.807) is 38.8 Å². The van der Waals surface area contributed by atoms with Crippen molar-refractivity contribution < 1.29 is 19.4 Å². The second kappa shape index (κ2) is 7.07. The first-order chi connectivity index (χ1) is 9.74. The predicted octanol–water partition coefficient (Wildman–Crippen LogP) is 1.25. The van der Waals surface area contributed by atoms with Crippen LogP contribution < -0.4 is 5.32 Å². The van der Waals surface area contributed by atoms with E-state index in [0.29, 0.717) is 18.8 Å². The molecule has 1 aromatic rings. The zero-order valence-corrected chi connectivity index (χ0v) is 12.8. The van der Waals surface area contributed by atoms with E-state index in [4.69, 9.17) is 9.84 Å². The number of nitrogens with one attached hydrogen (secondary N) is 1. The number of aliphatic carboxylic acids is 1. The third-order valence-corrected chi connectivity index (χ3v) is 2.76. The molecule has 0 aliphatic carbocycles. The summed E-state index contributed by atoms with van der Waals surface area (Å²) in [5, 5.41) is 15.6. The molecule has 0 saturated heterocycles. The van der Waals surface area contributed by atoms with E-state index in [1.807, 2.05) is 0 Å². The average Bonchev–Trinajstić information content (AvgIpc) is 2.79. The molecular weight excluding hydrogens is 276 g/mol. The Balaban J connectivity index is 2.72. The molecule has 0 bridgehead atoms. The van der Waals surface area contributed by atoms with Gasteiger partial charge in [-0.1, -0.05) is 0 Å². The van der Waals surface area contributed by atoms with E-state index in [9.17, 15) is 9.59 Å². The molecule has 0 atom stereocenters. The largest absolute Gasteiger partial charge is 0.480 e. The Labute approximate surface area is 123 Å². The minimum Gasteiger partial charge on any atom is -0.480 e. The quantitative estimate of drug-likeness (QED) is 0.823. The molecule has 21 heavy (non-hydrogen) atoms. The van der Waals surface area contributed by atoms with Crippen LogP contribution in [0.3, 0.4) is 0 Å². The first-order valence-corrected chi connectivity index (χ1v) is 6.56. The number of carboxylic acid groups (broad SMARTS) is 1. The highest BCUT2D eigenvalue weighted by Gasteiger charge is 2.28. The molecule has 1 rings (SSSR count). The van der Waals surface area contributed by atoms with Crippen molar-refractivity contribution in [2.45, 2.75) is 32.9 Å². The molecule has 0 fully saturated rings. The Morgan fingerprint density at radius 1 is 1.48 bits per heavy atom. The van der Waals surface area contributed by atoms with Gasteiger partial charge in [0, 0.05) is 18.8 Å². The van der Waals surface area contributed by atoms with Crippen LogP contribution in [-0.2, 0) is 16.1 Å². The van der Waals surface area contributed by atoms with Gasteiger partial charge in [0.15, 0.2) is 0 Å². The molecule has 118 valence electrons. The number of carbonyl (C=O) groups excluding carboxylic acids is 1. The van der Waals surface area contributed by atoms with Crippen molar-refractivity contribution in [1.29, 1.82) is 0 Å². The smallest absolute Gasteiger partial charge is 0.323 e. The van der Waals surface area contributed by atoms with E-state index in [0.717, 1.165) is 0 Å². The van der Waals surface area contributed by atoms with Gasteiger partial charge in [0.05, 0.1) is 25.0 Å². The summed E-state index contributed by atoms with van der Waals surface area (Å²) in [5.74, 6) is -1.06. The van der Waals surface area contributed by atoms with Crippen molar-refractivity contribution in [3.05, 3.63) is 12.4 Å². The fourth-order valence-electron chi connectivity index (χ4n) is 1.68. The van der Waals surface area contributed by atoms with E-state index in [1.165, 1.54) is 11.1 Å². The third kappa shape index (κ3) is 5.42. The van der Waals surface area contributed by atoms with Gasteiger partial charge >= 0.3 is 12.0 Å². The van der Waals surface area contributed by atoms with Crippen LogP contribution in [0.1, 0.15) is 20.8 Å². The Bertz CT molecular complexity index is 493. The molecule has 2 N–H and O–H groups in total. The first-order valence-electron chi connectivity index (χ1n) is 6.56. The van der Waals surface area contributed by atoms with Crippen LogP contribution in [0.5, 0.6) is 0 Å². The van der Waals surface area contributed by atoms with E-state index in [2.05, 4.69) is 10.4 Å². The van der Waals surface area contributed by atoms with Crippen LogP contribution in [0.2, 0.25) is 0 Å². The number of amides is 2. The molecule has 8 heteroatoms. The van der Waals surface area contributed by atoms with Crippen molar-refractivity contribution in [3.63, 3.8) is 0 Å². The number of carbonyl (C=O) groups is 2. The molecule has 0 aromatic carbocycles. The number of nitrogens with zero attached hydrogens (tertiary/aromatic N) is 3. The van der Waals surface area contributed by atoms with Gasteiger partial charge in [-0.3, -0.25) is 9.48 Å². The minimum absolute atomic E-state index is 0.368. The topological polar surface area (TPSA) is 96.7 Å². The lowest BCUT2D eigenvalue weighted by Crippen LogP contribution is -2.50. The van der Waals surface area contributed by atoms with Crippen LogP contribution in [0.15, 0.2) is 12.4 Å². The number of anilines is 1. The lowest BCUT2D eigenvalue weighted by molar-refractivity contribution is -0.138. The van der Waals surface area contributed by atoms with Gasteiger partial charge in [-0.2, -0.15) is 5.10 Å². The molecule has 1 aromatic heterocycles. The normalized spacial score (nSPS) is 11.2. The number of ether oxygens (including phenoxy) is 1. The molecule has 0 unspecified atom stereocenters. The number of carboxylic acids is 1. The molecule has 0 saturated carbocycles. The Kier molecular flexibility index (Phi) is 5.71. The summed E-state index contributed by atoms with van der Waals surface area (Å²) in [6, 6.07) is -0.476. The fourth-order valence-corrected chi connectivity index (χ4v) is 1.68. The number of hydrogen-bond acceptors (Lipinski definition) is 4. The van der Waals surface area contributed by atoms with Crippen molar-refractivity contribution in [2.24, 2.45) is 0 Å². The molecule has 0 aliphatic rings. The number of rotatable bonds is 6. The molecule has 8 nitrogen and oxygen atoms in total. The van der Waals surface area contributed by atoms with Gasteiger partial charge in [0.2, 0.25) is 0 Å². The van der Waals surface area contributed by atoms with Gasteiger partial charge < -0.3 is 20.1 Å². The highest BCUT2D eigenvalue weighted by atomic mass is 16.5. The fraction of sp³-hybridized carbons (Fsp3) is 0.615. The molecule has 0 aliphatic heterocycles. The van der Waals surface area contributed by atoms with Gasteiger partial charge in [-0.25, -0.2) is 4.79 Å². The van der Waals surface area contributed by atoms with Gasteiger partial charge in [-0.05, 0) is 20.8 Å².